The van der Waals surface area contributed by atoms with E-state index in [1.807, 2.05) is 26.0 Å². The van der Waals surface area contributed by atoms with Crippen LogP contribution < -0.4 is 4.72 Å². The summed E-state index contributed by atoms with van der Waals surface area (Å²) in [5.41, 5.74) is 2.12. The summed E-state index contributed by atoms with van der Waals surface area (Å²) in [7, 11) is -3.46. The van der Waals surface area contributed by atoms with E-state index in [0.717, 1.165) is 30.4 Å². The highest BCUT2D eigenvalue weighted by Crippen LogP contribution is 2.33. The smallest absolute Gasteiger partial charge is 0.207 e. The lowest BCUT2D eigenvalue weighted by Gasteiger charge is -2.35. The van der Waals surface area contributed by atoms with Crippen LogP contribution >= 0.6 is 0 Å². The van der Waals surface area contributed by atoms with E-state index in [9.17, 15) is 8.42 Å². The van der Waals surface area contributed by atoms with Crippen molar-refractivity contribution in [2.45, 2.75) is 51.0 Å². The van der Waals surface area contributed by atoms with E-state index < -0.39 is 10.0 Å². The molecule has 1 aromatic carbocycles. The SMILES string of the molecule is C=C(C)[C@@H]1CC[C@@H](C)C[C@H]1NS(=O)(=O)c1ccc(C)cc1. The molecule has 0 saturated heterocycles. The molecule has 0 amide bonds. The van der Waals surface area contributed by atoms with E-state index in [1.54, 1.807) is 12.1 Å². The topological polar surface area (TPSA) is 46.2 Å². The lowest BCUT2D eigenvalue weighted by atomic mass is 9.77. The van der Waals surface area contributed by atoms with Gasteiger partial charge >= 0.3 is 0 Å². The second-order valence-corrected chi connectivity index (χ2v) is 8.13. The van der Waals surface area contributed by atoms with Gasteiger partial charge in [0.2, 0.25) is 10.0 Å². The van der Waals surface area contributed by atoms with Crippen LogP contribution in [0.4, 0.5) is 0 Å². The van der Waals surface area contributed by atoms with Gasteiger partial charge in [-0.3, -0.25) is 0 Å². The van der Waals surface area contributed by atoms with Gasteiger partial charge < -0.3 is 0 Å². The molecule has 1 saturated carbocycles. The normalized spacial score (nSPS) is 26.5. The molecule has 21 heavy (non-hydrogen) atoms. The number of sulfonamides is 1. The summed E-state index contributed by atoms with van der Waals surface area (Å²) >= 11 is 0. The predicted octanol–water partition coefficient (Wildman–Crippen LogP) is 3.65. The molecule has 3 atom stereocenters. The van der Waals surface area contributed by atoms with Crippen molar-refractivity contribution in [2.75, 3.05) is 0 Å². The minimum atomic E-state index is -3.46. The second-order valence-electron chi connectivity index (χ2n) is 6.41. The Morgan fingerprint density at radius 3 is 2.43 bits per heavy atom. The summed E-state index contributed by atoms with van der Waals surface area (Å²) in [6.07, 6.45) is 3.03. The highest BCUT2D eigenvalue weighted by atomic mass is 32.2. The summed E-state index contributed by atoms with van der Waals surface area (Å²) in [5.74, 6) is 0.785. The second kappa shape index (κ2) is 6.32. The molecule has 1 fully saturated rings. The number of hydrogen-bond donors (Lipinski definition) is 1. The number of benzene rings is 1. The Kier molecular flexibility index (Phi) is 4.89. The molecule has 1 aliphatic carbocycles. The van der Waals surface area contributed by atoms with Crippen molar-refractivity contribution in [3.05, 3.63) is 42.0 Å². The van der Waals surface area contributed by atoms with Gasteiger partial charge in [-0.1, -0.05) is 43.2 Å². The average Bonchev–Trinajstić information content (AvgIpc) is 2.38. The average molecular weight is 307 g/mol. The number of hydrogen-bond acceptors (Lipinski definition) is 2. The van der Waals surface area contributed by atoms with Crippen LogP contribution in [0, 0.1) is 18.8 Å². The summed E-state index contributed by atoms with van der Waals surface area (Å²) in [6, 6.07) is 6.94. The number of aryl methyl sites for hydroxylation is 1. The minimum absolute atomic E-state index is 0.0439. The van der Waals surface area contributed by atoms with E-state index >= 15 is 0 Å². The Labute approximate surface area is 128 Å². The molecular weight excluding hydrogens is 282 g/mol. The summed E-state index contributed by atoms with van der Waals surface area (Å²) in [6.45, 7) is 10.2. The van der Waals surface area contributed by atoms with Gasteiger partial charge in [-0.25, -0.2) is 13.1 Å². The first-order valence-corrected chi connectivity index (χ1v) is 9.02. The maximum absolute atomic E-state index is 12.5. The monoisotopic (exact) mass is 307 g/mol. The van der Waals surface area contributed by atoms with Gasteiger partial charge in [-0.05, 0) is 50.7 Å². The highest BCUT2D eigenvalue weighted by molar-refractivity contribution is 7.89. The van der Waals surface area contributed by atoms with Crippen molar-refractivity contribution >= 4 is 10.0 Å². The Balaban J connectivity index is 2.21. The first-order chi connectivity index (χ1) is 9.79. The third-order valence-electron chi connectivity index (χ3n) is 4.38. The Bertz CT molecular complexity index is 604. The lowest BCUT2D eigenvalue weighted by Crippen LogP contribution is -2.44. The van der Waals surface area contributed by atoms with E-state index in [0.29, 0.717) is 10.8 Å². The van der Waals surface area contributed by atoms with Crippen LogP contribution in [0.15, 0.2) is 41.3 Å². The standard InChI is InChI=1S/C17H25NO2S/c1-12(2)16-10-7-14(4)11-17(16)18-21(19,20)15-8-5-13(3)6-9-15/h5-6,8-9,14,16-18H,1,7,10-11H2,2-4H3/t14-,16+,17-/m1/s1. The molecule has 0 spiro atoms. The maximum atomic E-state index is 12.5. The van der Waals surface area contributed by atoms with Crippen LogP contribution in [0.1, 0.15) is 38.7 Å². The summed E-state index contributed by atoms with van der Waals surface area (Å²) in [4.78, 5) is 0.340. The van der Waals surface area contributed by atoms with Crippen LogP contribution in [0.5, 0.6) is 0 Å². The van der Waals surface area contributed by atoms with Gasteiger partial charge in [0.25, 0.3) is 0 Å². The third kappa shape index (κ3) is 3.95. The molecule has 1 aliphatic rings. The first-order valence-electron chi connectivity index (χ1n) is 7.54. The van der Waals surface area contributed by atoms with Crippen LogP contribution in [0.25, 0.3) is 0 Å². The van der Waals surface area contributed by atoms with E-state index in [2.05, 4.69) is 18.2 Å². The molecule has 0 aromatic heterocycles. The van der Waals surface area contributed by atoms with Gasteiger partial charge in [-0.15, -0.1) is 0 Å². The Hall–Kier alpha value is -1.13. The van der Waals surface area contributed by atoms with Crippen molar-refractivity contribution in [1.82, 2.24) is 4.72 Å². The van der Waals surface area contributed by atoms with Gasteiger partial charge in [0.1, 0.15) is 0 Å². The van der Waals surface area contributed by atoms with Crippen LogP contribution in [-0.2, 0) is 10.0 Å². The van der Waals surface area contributed by atoms with Crippen LogP contribution in [0.2, 0.25) is 0 Å². The van der Waals surface area contributed by atoms with Gasteiger partial charge in [0.05, 0.1) is 4.90 Å². The molecule has 0 bridgehead atoms. The molecular formula is C17H25NO2S. The largest absolute Gasteiger partial charge is 0.240 e. The van der Waals surface area contributed by atoms with E-state index in [-0.39, 0.29) is 12.0 Å². The molecule has 3 nitrogen and oxygen atoms in total. The van der Waals surface area contributed by atoms with Crippen molar-refractivity contribution in [1.29, 1.82) is 0 Å². The molecule has 0 aliphatic heterocycles. The Morgan fingerprint density at radius 2 is 1.86 bits per heavy atom. The molecule has 1 aromatic rings. The van der Waals surface area contributed by atoms with Crippen LogP contribution in [-0.4, -0.2) is 14.5 Å². The molecule has 1 N–H and O–H groups in total. The zero-order valence-corrected chi connectivity index (χ0v) is 13.9. The fourth-order valence-corrected chi connectivity index (χ4v) is 4.38. The minimum Gasteiger partial charge on any atom is -0.207 e. The predicted molar refractivity (Wildman–Crippen MR) is 86.6 cm³/mol. The lowest BCUT2D eigenvalue weighted by molar-refractivity contribution is 0.264. The third-order valence-corrected chi connectivity index (χ3v) is 5.89. The molecule has 116 valence electrons. The molecule has 4 heteroatoms. The number of rotatable bonds is 4. The van der Waals surface area contributed by atoms with Crippen molar-refractivity contribution < 1.29 is 8.42 Å². The fraction of sp³-hybridized carbons (Fsp3) is 0.529. The zero-order valence-electron chi connectivity index (χ0n) is 13.1. The summed E-state index contributed by atoms with van der Waals surface area (Å²) in [5, 5.41) is 0. The summed E-state index contributed by atoms with van der Waals surface area (Å²) < 4.78 is 28.0. The van der Waals surface area contributed by atoms with Crippen LogP contribution in [0.3, 0.4) is 0 Å². The molecule has 2 rings (SSSR count). The van der Waals surface area contributed by atoms with E-state index in [1.165, 1.54) is 0 Å². The van der Waals surface area contributed by atoms with Gasteiger partial charge in [0, 0.05) is 6.04 Å². The first kappa shape index (κ1) is 16.2. The highest BCUT2D eigenvalue weighted by Gasteiger charge is 2.32. The Morgan fingerprint density at radius 1 is 1.24 bits per heavy atom. The fourth-order valence-electron chi connectivity index (χ4n) is 3.09. The maximum Gasteiger partial charge on any atom is 0.240 e. The quantitative estimate of drug-likeness (QED) is 0.863. The van der Waals surface area contributed by atoms with Crippen molar-refractivity contribution in [2.24, 2.45) is 11.8 Å². The molecule has 0 radical (unpaired) electrons. The van der Waals surface area contributed by atoms with Gasteiger partial charge in [-0.2, -0.15) is 0 Å². The van der Waals surface area contributed by atoms with E-state index in [4.69, 9.17) is 0 Å². The van der Waals surface area contributed by atoms with Crippen molar-refractivity contribution in [3.63, 3.8) is 0 Å². The van der Waals surface area contributed by atoms with Crippen molar-refractivity contribution in [3.8, 4) is 0 Å². The molecule has 0 heterocycles. The molecule has 0 unspecified atom stereocenters. The number of nitrogens with one attached hydrogen (secondary N) is 1. The zero-order chi connectivity index (χ0) is 15.6. The van der Waals surface area contributed by atoms with Gasteiger partial charge in [0.15, 0.2) is 0 Å².